The largest absolute Gasteiger partial charge is 0.371 e. The molecule has 2 heterocycles. The van der Waals surface area contributed by atoms with Gasteiger partial charge in [-0.25, -0.2) is 0 Å². The summed E-state index contributed by atoms with van der Waals surface area (Å²) in [6.07, 6.45) is 11.6. The fourth-order valence-corrected chi connectivity index (χ4v) is 10.3. The van der Waals surface area contributed by atoms with Crippen LogP contribution < -0.4 is 10.6 Å². The molecular weight excluding hydrogens is 534 g/mol. The lowest BCUT2D eigenvalue weighted by molar-refractivity contribution is -0.144. The molecule has 1 aromatic rings. The molecule has 0 bridgehead atoms. The van der Waals surface area contributed by atoms with Crippen molar-refractivity contribution in [2.24, 2.45) is 35.0 Å². The smallest absolute Gasteiger partial charge is 0.234 e. The van der Waals surface area contributed by atoms with E-state index in [0.29, 0.717) is 54.6 Å². The molecule has 5 aliphatic rings. The van der Waals surface area contributed by atoms with Crippen LogP contribution >= 0.6 is 0 Å². The minimum Gasteiger partial charge on any atom is -0.371 e. The number of fused-ring (bicyclic) bond motifs is 6. The van der Waals surface area contributed by atoms with Crippen LogP contribution in [-0.2, 0) is 20.7 Å². The van der Waals surface area contributed by atoms with Gasteiger partial charge in [-0.05, 0) is 118 Å². The third-order valence-electron chi connectivity index (χ3n) is 12.7. The molecule has 8 atom stereocenters. The maximum atomic E-state index is 13.3. The predicted molar refractivity (Wildman–Crippen MR) is 171 cm³/mol. The number of likely N-dealkylation sites (tertiary alicyclic amines) is 1. The zero-order valence-electron chi connectivity index (χ0n) is 27.1. The number of carbonyl (C=O) groups is 2. The first-order chi connectivity index (χ1) is 20.7. The lowest BCUT2D eigenvalue weighted by Crippen LogP contribution is -2.70. The first-order valence-electron chi connectivity index (χ1n) is 17.3. The van der Waals surface area contributed by atoms with Crippen LogP contribution in [0.3, 0.4) is 0 Å². The average molecular weight is 590 g/mol. The number of Topliss-reactive ketones (excluding diaryl/α,β-unsaturated/α-hetero) is 1. The second-order valence-electron chi connectivity index (χ2n) is 15.1. The van der Waals surface area contributed by atoms with Crippen molar-refractivity contribution in [3.8, 4) is 0 Å². The number of piperidine rings is 1. The van der Waals surface area contributed by atoms with Gasteiger partial charge in [0, 0.05) is 25.9 Å². The first kappa shape index (κ1) is 31.0. The molecule has 0 radical (unpaired) electrons. The number of nitrogens with zero attached hydrogens (tertiary/aromatic N) is 1. The van der Waals surface area contributed by atoms with Crippen LogP contribution in [0.1, 0.15) is 90.5 Å². The molecule has 1 aromatic carbocycles. The Morgan fingerprint density at radius 3 is 2.72 bits per heavy atom. The summed E-state index contributed by atoms with van der Waals surface area (Å²) in [5.74, 6) is 3.70. The highest BCUT2D eigenvalue weighted by Gasteiger charge is 2.56. The van der Waals surface area contributed by atoms with Crippen LogP contribution in [0.25, 0.3) is 0 Å². The summed E-state index contributed by atoms with van der Waals surface area (Å²) in [7, 11) is 2.07. The summed E-state index contributed by atoms with van der Waals surface area (Å²) in [6.45, 7) is 9.80. The number of hydrogen-bond acceptors (Lipinski definition) is 5. The number of allylic oxidation sites excluding steroid dienone is 1. The van der Waals surface area contributed by atoms with E-state index >= 15 is 0 Å². The maximum absolute atomic E-state index is 13.3. The van der Waals surface area contributed by atoms with Gasteiger partial charge in [-0.3, -0.25) is 14.5 Å². The van der Waals surface area contributed by atoms with E-state index in [-0.39, 0.29) is 17.7 Å². The average Bonchev–Trinajstić information content (AvgIpc) is 3.38. The van der Waals surface area contributed by atoms with Crippen molar-refractivity contribution in [1.29, 1.82) is 0 Å². The normalized spacial score (nSPS) is 38.5. The van der Waals surface area contributed by atoms with Crippen molar-refractivity contribution in [2.75, 3.05) is 33.3 Å². The van der Waals surface area contributed by atoms with E-state index in [1.807, 2.05) is 6.07 Å². The summed E-state index contributed by atoms with van der Waals surface area (Å²) in [6, 6.07) is 10.4. The summed E-state index contributed by atoms with van der Waals surface area (Å²) in [5.41, 5.74) is 4.34. The van der Waals surface area contributed by atoms with Crippen molar-refractivity contribution in [2.45, 2.75) is 103 Å². The summed E-state index contributed by atoms with van der Waals surface area (Å²) in [5, 5.41) is 6.94. The molecule has 1 saturated heterocycles. The molecule has 0 spiro atoms. The first-order valence-corrected chi connectivity index (χ1v) is 17.3. The van der Waals surface area contributed by atoms with Crippen LogP contribution in [0.15, 0.2) is 41.5 Å². The van der Waals surface area contributed by atoms with Crippen LogP contribution in [0.5, 0.6) is 0 Å². The fraction of sp³-hybridized carbons (Fsp3) is 0.730. The molecule has 43 heavy (non-hydrogen) atoms. The maximum Gasteiger partial charge on any atom is 0.234 e. The van der Waals surface area contributed by atoms with Crippen molar-refractivity contribution in [1.82, 2.24) is 15.5 Å². The Kier molecular flexibility index (Phi) is 9.20. The monoisotopic (exact) mass is 589 g/mol. The molecule has 1 amide bonds. The van der Waals surface area contributed by atoms with E-state index in [1.165, 1.54) is 36.8 Å². The predicted octanol–water partition coefficient (Wildman–Crippen LogP) is 5.91. The van der Waals surface area contributed by atoms with Gasteiger partial charge in [-0.2, -0.15) is 0 Å². The van der Waals surface area contributed by atoms with Gasteiger partial charge < -0.3 is 15.4 Å². The SMILES string of the molecule is CNC12CCCC3C(=C(C)COC1CC(C)CN2CC(=O)NCCc1ccccc1)CC1C3CCC2CC(=O)CCC21C. The zero-order valence-corrected chi connectivity index (χ0v) is 27.1. The molecule has 236 valence electrons. The Bertz CT molecular complexity index is 1200. The topological polar surface area (TPSA) is 70.7 Å². The quantitative estimate of drug-likeness (QED) is 0.404. The highest BCUT2D eigenvalue weighted by Crippen LogP contribution is 2.63. The Morgan fingerprint density at radius 2 is 1.93 bits per heavy atom. The van der Waals surface area contributed by atoms with Gasteiger partial charge in [0.25, 0.3) is 0 Å². The zero-order chi connectivity index (χ0) is 30.2. The summed E-state index contributed by atoms with van der Waals surface area (Å²) < 4.78 is 6.92. The number of ether oxygens (including phenoxy) is 1. The molecule has 4 fully saturated rings. The van der Waals surface area contributed by atoms with E-state index in [1.54, 1.807) is 5.57 Å². The van der Waals surface area contributed by atoms with Gasteiger partial charge in [0.1, 0.15) is 5.78 Å². The number of amides is 1. The van der Waals surface area contributed by atoms with Gasteiger partial charge in [-0.15, -0.1) is 0 Å². The van der Waals surface area contributed by atoms with Crippen LogP contribution in [0.4, 0.5) is 0 Å². The Morgan fingerprint density at radius 1 is 1.12 bits per heavy atom. The molecule has 3 aliphatic carbocycles. The standard InChI is InChI=1S/C37H55N3O3/c1-25-19-34-37(38-4,40(22-25)23-35(42)39-18-15-27-9-6-5-7-10-27)16-8-11-30-31-13-12-28-20-29(41)14-17-36(28,3)33(31)21-32(30)26(2)24-43-34/h5-7,9-10,25,28,30-31,33-34,38H,8,11-24H2,1-4H3,(H,39,42). The lowest BCUT2D eigenvalue weighted by atomic mass is 9.52. The molecule has 8 unspecified atom stereocenters. The second kappa shape index (κ2) is 12.8. The van der Waals surface area contributed by atoms with Crippen molar-refractivity contribution in [3.05, 3.63) is 47.0 Å². The van der Waals surface area contributed by atoms with Crippen molar-refractivity contribution in [3.63, 3.8) is 0 Å². The fourth-order valence-electron chi connectivity index (χ4n) is 10.3. The van der Waals surface area contributed by atoms with E-state index in [4.69, 9.17) is 4.74 Å². The number of ketones is 1. The highest BCUT2D eigenvalue weighted by molar-refractivity contribution is 5.79. The molecule has 3 saturated carbocycles. The number of hydrogen-bond donors (Lipinski definition) is 2. The molecule has 6 nitrogen and oxygen atoms in total. The van der Waals surface area contributed by atoms with Crippen LogP contribution in [0, 0.1) is 35.0 Å². The number of likely N-dealkylation sites (N-methyl/N-ethyl adjacent to an activating group) is 1. The molecular formula is C37H55N3O3. The van der Waals surface area contributed by atoms with Gasteiger partial charge in [0.15, 0.2) is 0 Å². The highest BCUT2D eigenvalue weighted by atomic mass is 16.5. The number of carbonyl (C=O) groups excluding carboxylic acids is 2. The van der Waals surface area contributed by atoms with E-state index in [2.05, 4.69) is 67.6 Å². The molecule has 0 aromatic heterocycles. The third-order valence-corrected chi connectivity index (χ3v) is 12.7. The van der Waals surface area contributed by atoms with Crippen molar-refractivity contribution < 1.29 is 14.3 Å². The number of rotatable bonds is 6. The summed E-state index contributed by atoms with van der Waals surface area (Å²) >= 11 is 0. The number of benzene rings is 1. The van der Waals surface area contributed by atoms with Gasteiger partial charge >= 0.3 is 0 Å². The lowest BCUT2D eigenvalue weighted by Gasteiger charge is -2.54. The minimum absolute atomic E-state index is 0.0420. The van der Waals surface area contributed by atoms with Crippen LogP contribution in [0.2, 0.25) is 0 Å². The molecule has 6 heteroatoms. The molecule has 6 rings (SSSR count). The Hall–Kier alpha value is -2.02. The van der Waals surface area contributed by atoms with Gasteiger partial charge in [0.05, 0.1) is 24.9 Å². The van der Waals surface area contributed by atoms with Crippen LogP contribution in [-0.4, -0.2) is 61.6 Å². The van der Waals surface area contributed by atoms with E-state index in [9.17, 15) is 9.59 Å². The molecule has 2 aliphatic heterocycles. The van der Waals surface area contributed by atoms with Gasteiger partial charge in [0.2, 0.25) is 5.91 Å². The third kappa shape index (κ3) is 6.01. The van der Waals surface area contributed by atoms with Crippen molar-refractivity contribution >= 4 is 11.7 Å². The second-order valence-corrected chi connectivity index (χ2v) is 15.1. The summed E-state index contributed by atoms with van der Waals surface area (Å²) in [4.78, 5) is 28.1. The van der Waals surface area contributed by atoms with E-state index in [0.717, 1.165) is 57.4 Å². The Balaban J connectivity index is 1.18. The minimum atomic E-state index is -0.341. The molecule has 2 N–H and O–H groups in total. The number of nitrogens with one attached hydrogen (secondary N) is 2. The Labute approximate surface area is 259 Å². The van der Waals surface area contributed by atoms with E-state index < -0.39 is 0 Å². The van der Waals surface area contributed by atoms with Gasteiger partial charge in [-0.1, -0.05) is 49.8 Å².